The van der Waals surface area contributed by atoms with E-state index >= 15 is 0 Å². The van der Waals surface area contributed by atoms with Gasteiger partial charge in [-0.2, -0.15) is 0 Å². The van der Waals surface area contributed by atoms with Gasteiger partial charge in [0, 0.05) is 25.0 Å². The highest BCUT2D eigenvalue weighted by Gasteiger charge is 2.12. The maximum absolute atomic E-state index is 6.58. The van der Waals surface area contributed by atoms with Crippen LogP contribution in [0.3, 0.4) is 0 Å². The molecule has 1 aliphatic rings. The number of hydrogen-bond acceptors (Lipinski definition) is 4. The maximum Gasteiger partial charge on any atom is 0.152 e. The van der Waals surface area contributed by atoms with Crippen LogP contribution in [-0.2, 0) is 11.3 Å². The van der Waals surface area contributed by atoms with Crippen LogP contribution >= 0.6 is 27.5 Å². The SMILES string of the molecule is Clc1cc(C=Nc2ccc(N3CCOCC3)cc2)cc(Br)c1OCc1cccc2ccccc12. The first kappa shape index (κ1) is 22.9. The van der Waals surface area contributed by atoms with Crippen LogP contribution in [0.1, 0.15) is 11.1 Å². The Kier molecular flexibility index (Phi) is 7.14. The summed E-state index contributed by atoms with van der Waals surface area (Å²) < 4.78 is 12.3. The van der Waals surface area contributed by atoms with E-state index in [9.17, 15) is 0 Å². The van der Waals surface area contributed by atoms with Gasteiger partial charge in [-0.05, 0) is 74.2 Å². The first-order valence-corrected chi connectivity index (χ1v) is 12.4. The van der Waals surface area contributed by atoms with Gasteiger partial charge in [0.15, 0.2) is 5.75 Å². The average molecular weight is 536 g/mol. The Hall–Kier alpha value is -2.86. The minimum Gasteiger partial charge on any atom is -0.486 e. The van der Waals surface area contributed by atoms with E-state index in [1.165, 1.54) is 16.5 Å². The van der Waals surface area contributed by atoms with Crippen LogP contribution in [0.15, 0.2) is 88.3 Å². The fourth-order valence-corrected chi connectivity index (χ4v) is 5.07. The number of hydrogen-bond donors (Lipinski definition) is 0. The molecule has 0 aliphatic carbocycles. The van der Waals surface area contributed by atoms with Gasteiger partial charge in [0.25, 0.3) is 0 Å². The maximum atomic E-state index is 6.58. The molecule has 5 rings (SSSR count). The largest absolute Gasteiger partial charge is 0.486 e. The molecule has 172 valence electrons. The number of aliphatic imine (C=N–C) groups is 1. The van der Waals surface area contributed by atoms with Crippen molar-refractivity contribution in [3.05, 3.63) is 99.5 Å². The van der Waals surface area contributed by atoms with Crippen molar-refractivity contribution in [1.82, 2.24) is 0 Å². The third-order valence-corrected chi connectivity index (χ3v) is 6.73. The van der Waals surface area contributed by atoms with Gasteiger partial charge in [-0.15, -0.1) is 0 Å². The quantitative estimate of drug-likeness (QED) is 0.241. The van der Waals surface area contributed by atoms with E-state index in [0.29, 0.717) is 17.4 Å². The number of halogens is 2. The first-order valence-electron chi connectivity index (χ1n) is 11.2. The third kappa shape index (κ3) is 5.27. The first-order chi connectivity index (χ1) is 16.7. The zero-order valence-electron chi connectivity index (χ0n) is 18.6. The minimum absolute atomic E-state index is 0.433. The molecule has 0 spiro atoms. The molecule has 0 amide bonds. The Labute approximate surface area is 212 Å². The van der Waals surface area contributed by atoms with Crippen LogP contribution in [0.5, 0.6) is 5.75 Å². The second-order valence-corrected chi connectivity index (χ2v) is 9.38. The van der Waals surface area contributed by atoms with Crippen LogP contribution in [0.2, 0.25) is 5.02 Å². The number of ether oxygens (including phenoxy) is 2. The lowest BCUT2D eigenvalue weighted by atomic mass is 10.1. The fourth-order valence-electron chi connectivity index (χ4n) is 4.08. The summed E-state index contributed by atoms with van der Waals surface area (Å²) in [6.45, 7) is 3.82. The number of morpholine rings is 1. The molecule has 4 nitrogen and oxygen atoms in total. The monoisotopic (exact) mass is 534 g/mol. The second kappa shape index (κ2) is 10.6. The van der Waals surface area contributed by atoms with Crippen LogP contribution in [0, 0.1) is 0 Å². The molecule has 0 N–H and O–H groups in total. The number of benzene rings is 4. The number of fused-ring (bicyclic) bond motifs is 1. The molecule has 4 aromatic carbocycles. The molecule has 0 aromatic heterocycles. The summed E-state index contributed by atoms with van der Waals surface area (Å²) in [7, 11) is 0. The zero-order valence-corrected chi connectivity index (χ0v) is 20.9. The lowest BCUT2D eigenvalue weighted by Gasteiger charge is -2.28. The van der Waals surface area contributed by atoms with Gasteiger partial charge in [0.1, 0.15) is 6.61 Å². The Morgan fingerprint density at radius 3 is 2.53 bits per heavy atom. The highest BCUT2D eigenvalue weighted by atomic mass is 79.9. The summed E-state index contributed by atoms with van der Waals surface area (Å²) in [6, 6.07) is 26.6. The predicted molar refractivity (Wildman–Crippen MR) is 144 cm³/mol. The average Bonchev–Trinajstić information content (AvgIpc) is 2.88. The molecule has 4 aromatic rings. The lowest BCUT2D eigenvalue weighted by Crippen LogP contribution is -2.36. The minimum atomic E-state index is 0.433. The van der Waals surface area contributed by atoms with Crippen molar-refractivity contribution in [1.29, 1.82) is 0 Å². The van der Waals surface area contributed by atoms with E-state index in [-0.39, 0.29) is 0 Å². The second-order valence-electron chi connectivity index (χ2n) is 8.11. The Bertz CT molecular complexity index is 1290. The molecule has 1 heterocycles. The van der Waals surface area contributed by atoms with Gasteiger partial charge in [0.2, 0.25) is 0 Å². The van der Waals surface area contributed by atoms with Gasteiger partial charge >= 0.3 is 0 Å². The number of anilines is 1. The van der Waals surface area contributed by atoms with Gasteiger partial charge in [-0.25, -0.2) is 0 Å². The summed E-state index contributed by atoms with van der Waals surface area (Å²) in [4.78, 5) is 6.94. The number of nitrogens with zero attached hydrogens (tertiary/aromatic N) is 2. The van der Waals surface area contributed by atoms with E-state index < -0.39 is 0 Å². The summed E-state index contributed by atoms with van der Waals surface area (Å²) in [5, 5.41) is 2.91. The van der Waals surface area contributed by atoms with E-state index in [0.717, 1.165) is 47.6 Å². The smallest absolute Gasteiger partial charge is 0.152 e. The molecule has 1 saturated heterocycles. The molecule has 0 radical (unpaired) electrons. The Morgan fingerprint density at radius 1 is 0.971 bits per heavy atom. The van der Waals surface area contributed by atoms with Crippen LogP contribution < -0.4 is 9.64 Å². The van der Waals surface area contributed by atoms with Gasteiger partial charge < -0.3 is 14.4 Å². The molecule has 1 aliphatic heterocycles. The molecule has 0 saturated carbocycles. The molecule has 0 atom stereocenters. The van der Waals surface area contributed by atoms with Crippen LogP contribution in [0.4, 0.5) is 11.4 Å². The Balaban J connectivity index is 1.27. The van der Waals surface area contributed by atoms with Gasteiger partial charge in [-0.3, -0.25) is 4.99 Å². The molecule has 6 heteroatoms. The third-order valence-electron chi connectivity index (χ3n) is 5.86. The Morgan fingerprint density at radius 2 is 1.74 bits per heavy atom. The van der Waals surface area contributed by atoms with Crippen molar-refractivity contribution in [2.24, 2.45) is 4.99 Å². The van der Waals surface area contributed by atoms with Crippen molar-refractivity contribution in [2.45, 2.75) is 6.61 Å². The van der Waals surface area contributed by atoms with Gasteiger partial charge in [-0.1, -0.05) is 54.1 Å². The molecular weight excluding hydrogens is 512 g/mol. The van der Waals surface area contributed by atoms with Crippen molar-refractivity contribution < 1.29 is 9.47 Å². The summed E-state index contributed by atoms with van der Waals surface area (Å²) >= 11 is 10.2. The topological polar surface area (TPSA) is 34.1 Å². The van der Waals surface area contributed by atoms with Crippen molar-refractivity contribution in [3.63, 3.8) is 0 Å². The molecule has 34 heavy (non-hydrogen) atoms. The zero-order chi connectivity index (χ0) is 23.3. The molecular formula is C28H24BrClN2O2. The molecule has 1 fully saturated rings. The van der Waals surface area contributed by atoms with E-state index in [2.05, 4.69) is 62.2 Å². The summed E-state index contributed by atoms with van der Waals surface area (Å²) in [5.41, 5.74) is 4.10. The fraction of sp³-hybridized carbons (Fsp3) is 0.179. The predicted octanol–water partition coefficient (Wildman–Crippen LogP) is 7.42. The van der Waals surface area contributed by atoms with Crippen molar-refractivity contribution in [3.8, 4) is 5.75 Å². The molecule has 0 unspecified atom stereocenters. The lowest BCUT2D eigenvalue weighted by molar-refractivity contribution is 0.122. The van der Waals surface area contributed by atoms with E-state index in [4.69, 9.17) is 21.1 Å². The van der Waals surface area contributed by atoms with Crippen molar-refractivity contribution >= 4 is 55.9 Å². The number of rotatable bonds is 6. The summed E-state index contributed by atoms with van der Waals surface area (Å²) in [6.07, 6.45) is 1.81. The van der Waals surface area contributed by atoms with E-state index in [1.54, 1.807) is 0 Å². The summed E-state index contributed by atoms with van der Waals surface area (Å²) in [5.74, 6) is 0.626. The normalized spacial score (nSPS) is 14.1. The standard InChI is InChI=1S/C28H24BrClN2O2/c29-26-16-20(18-31-23-8-10-24(11-9-23)32-12-14-33-15-13-32)17-27(30)28(26)34-19-22-6-3-5-21-4-1-2-7-25(21)22/h1-11,16-18H,12-15,19H2. The van der Waals surface area contributed by atoms with E-state index in [1.807, 2.05) is 48.7 Å². The van der Waals surface area contributed by atoms with Crippen LogP contribution in [-0.4, -0.2) is 32.5 Å². The highest BCUT2D eigenvalue weighted by Crippen LogP contribution is 2.35. The van der Waals surface area contributed by atoms with Gasteiger partial charge in [0.05, 0.1) is 28.4 Å². The highest BCUT2D eigenvalue weighted by molar-refractivity contribution is 9.10. The van der Waals surface area contributed by atoms with Crippen LogP contribution in [0.25, 0.3) is 10.8 Å². The molecule has 0 bridgehead atoms. The van der Waals surface area contributed by atoms with Crippen molar-refractivity contribution in [2.75, 3.05) is 31.2 Å².